The largest absolute Gasteiger partial charge is 0.491 e. The molecule has 0 aromatic carbocycles. The zero-order chi connectivity index (χ0) is 15.0. The Morgan fingerprint density at radius 3 is 2.20 bits per heavy atom. The fourth-order valence-electron chi connectivity index (χ4n) is 1.75. The molecule has 20 heavy (non-hydrogen) atoms. The molecular formula is C13H18BBrN2O2S. The molecule has 2 heterocycles. The standard InChI is InChI=1S/C13H18BBrN2O2S/c1-12(2)13(3,4)19-14(18-12)9(8-20)5-11-16-6-10(15)7-17-11/h5-7,20H,8H2,1-4H3. The summed E-state index contributed by atoms with van der Waals surface area (Å²) in [6.07, 6.45) is 5.28. The van der Waals surface area contributed by atoms with E-state index in [-0.39, 0.29) is 11.2 Å². The number of nitrogens with zero attached hydrogens (tertiary/aromatic N) is 2. The van der Waals surface area contributed by atoms with Crippen LogP contribution in [0.3, 0.4) is 0 Å². The number of hydrogen-bond donors (Lipinski definition) is 1. The van der Waals surface area contributed by atoms with Gasteiger partial charge in [-0.15, -0.1) is 0 Å². The van der Waals surface area contributed by atoms with E-state index >= 15 is 0 Å². The molecule has 0 bridgehead atoms. The Bertz CT molecular complexity index is 504. The molecule has 0 aliphatic carbocycles. The lowest BCUT2D eigenvalue weighted by atomic mass is 9.79. The SMILES string of the molecule is CC1(C)OB(C(=Cc2ncc(Br)cn2)CS)OC1(C)C. The number of halogens is 1. The van der Waals surface area contributed by atoms with Crippen LogP contribution in [0.5, 0.6) is 0 Å². The first kappa shape index (κ1) is 16.0. The zero-order valence-electron chi connectivity index (χ0n) is 12.1. The molecule has 0 atom stereocenters. The van der Waals surface area contributed by atoms with Gasteiger partial charge < -0.3 is 9.31 Å². The molecule has 7 heteroatoms. The summed E-state index contributed by atoms with van der Waals surface area (Å²) in [6, 6.07) is 0. The van der Waals surface area contributed by atoms with Crippen LogP contribution in [0.25, 0.3) is 6.08 Å². The van der Waals surface area contributed by atoms with Crippen LogP contribution in [0.15, 0.2) is 22.3 Å². The van der Waals surface area contributed by atoms with Crippen molar-refractivity contribution in [3.8, 4) is 0 Å². The van der Waals surface area contributed by atoms with E-state index in [1.165, 1.54) is 0 Å². The molecule has 0 spiro atoms. The number of aromatic nitrogens is 2. The molecule has 1 fully saturated rings. The molecule has 2 rings (SSSR count). The molecule has 1 aliphatic rings. The first-order valence-electron chi connectivity index (χ1n) is 6.40. The van der Waals surface area contributed by atoms with Crippen LogP contribution in [0.1, 0.15) is 33.5 Å². The average molecular weight is 357 g/mol. The first-order chi connectivity index (χ1) is 9.25. The number of thiol groups is 1. The Labute approximate surface area is 134 Å². The second-order valence-corrected chi connectivity index (χ2v) is 6.96. The van der Waals surface area contributed by atoms with Crippen molar-refractivity contribution in [2.75, 3.05) is 5.75 Å². The second-order valence-electron chi connectivity index (χ2n) is 5.73. The van der Waals surface area contributed by atoms with E-state index in [1.54, 1.807) is 12.4 Å². The highest BCUT2D eigenvalue weighted by atomic mass is 79.9. The minimum absolute atomic E-state index is 0.361. The minimum atomic E-state index is -0.412. The molecule has 1 saturated heterocycles. The Kier molecular flexibility index (Phi) is 4.64. The van der Waals surface area contributed by atoms with Gasteiger partial charge in [0.2, 0.25) is 0 Å². The highest BCUT2D eigenvalue weighted by Crippen LogP contribution is 2.38. The van der Waals surface area contributed by atoms with E-state index < -0.39 is 7.12 Å². The summed E-state index contributed by atoms with van der Waals surface area (Å²) < 4.78 is 12.9. The lowest BCUT2D eigenvalue weighted by Gasteiger charge is -2.32. The highest BCUT2D eigenvalue weighted by molar-refractivity contribution is 9.10. The molecule has 0 N–H and O–H groups in total. The third-order valence-corrected chi connectivity index (χ3v) is 4.47. The van der Waals surface area contributed by atoms with Crippen molar-refractivity contribution in [3.63, 3.8) is 0 Å². The predicted molar refractivity (Wildman–Crippen MR) is 87.6 cm³/mol. The van der Waals surface area contributed by atoms with Crippen LogP contribution in [0.4, 0.5) is 0 Å². The van der Waals surface area contributed by atoms with Crippen LogP contribution < -0.4 is 0 Å². The van der Waals surface area contributed by atoms with E-state index in [9.17, 15) is 0 Å². The van der Waals surface area contributed by atoms with E-state index in [0.717, 1.165) is 9.95 Å². The molecule has 0 unspecified atom stereocenters. The van der Waals surface area contributed by atoms with Crippen molar-refractivity contribution in [1.82, 2.24) is 9.97 Å². The Balaban J connectivity index is 2.24. The van der Waals surface area contributed by atoms with Crippen LogP contribution in [0.2, 0.25) is 0 Å². The van der Waals surface area contributed by atoms with Gasteiger partial charge in [-0.3, -0.25) is 0 Å². The Morgan fingerprint density at radius 1 is 1.25 bits per heavy atom. The quantitative estimate of drug-likeness (QED) is 0.667. The van der Waals surface area contributed by atoms with Crippen LogP contribution in [0, 0.1) is 0 Å². The van der Waals surface area contributed by atoms with Crippen molar-refractivity contribution in [2.24, 2.45) is 0 Å². The number of rotatable bonds is 3. The average Bonchev–Trinajstić information content (AvgIpc) is 2.57. The molecule has 1 aromatic rings. The third kappa shape index (κ3) is 3.27. The lowest BCUT2D eigenvalue weighted by Crippen LogP contribution is -2.41. The van der Waals surface area contributed by atoms with E-state index in [4.69, 9.17) is 9.31 Å². The van der Waals surface area contributed by atoms with Crippen LogP contribution in [-0.4, -0.2) is 34.0 Å². The van der Waals surface area contributed by atoms with Crippen molar-refractivity contribution in [3.05, 3.63) is 28.2 Å². The van der Waals surface area contributed by atoms with E-state index in [1.807, 2.05) is 33.8 Å². The van der Waals surface area contributed by atoms with Crippen LogP contribution >= 0.6 is 28.6 Å². The third-order valence-electron chi connectivity index (χ3n) is 3.69. The molecular weight excluding hydrogens is 339 g/mol. The summed E-state index contributed by atoms with van der Waals surface area (Å²) in [4.78, 5) is 8.46. The van der Waals surface area contributed by atoms with Gasteiger partial charge in [-0.1, -0.05) is 0 Å². The highest BCUT2D eigenvalue weighted by Gasteiger charge is 2.52. The summed E-state index contributed by atoms with van der Waals surface area (Å²) >= 11 is 7.68. The van der Waals surface area contributed by atoms with Gasteiger partial charge in [0.15, 0.2) is 5.82 Å². The van der Waals surface area contributed by atoms with Gasteiger partial charge in [0.05, 0.1) is 15.7 Å². The summed E-state index contributed by atoms with van der Waals surface area (Å²) in [5.41, 5.74) is 0.190. The normalized spacial score (nSPS) is 21.3. The number of hydrogen-bond acceptors (Lipinski definition) is 5. The van der Waals surface area contributed by atoms with E-state index in [2.05, 4.69) is 38.5 Å². The van der Waals surface area contributed by atoms with Crippen molar-refractivity contribution < 1.29 is 9.31 Å². The van der Waals surface area contributed by atoms with Crippen LogP contribution in [-0.2, 0) is 9.31 Å². The van der Waals surface area contributed by atoms with Gasteiger partial charge in [-0.05, 0) is 55.2 Å². The fourth-order valence-corrected chi connectivity index (χ4v) is 2.19. The van der Waals surface area contributed by atoms with Gasteiger partial charge in [0.25, 0.3) is 0 Å². The minimum Gasteiger partial charge on any atom is -0.400 e. The maximum absolute atomic E-state index is 6.01. The molecule has 0 saturated carbocycles. The maximum atomic E-state index is 6.01. The van der Waals surface area contributed by atoms with Gasteiger partial charge in [-0.25, -0.2) is 9.97 Å². The van der Waals surface area contributed by atoms with Gasteiger partial charge in [-0.2, -0.15) is 12.6 Å². The zero-order valence-corrected chi connectivity index (χ0v) is 14.5. The smallest absolute Gasteiger partial charge is 0.400 e. The van der Waals surface area contributed by atoms with E-state index in [0.29, 0.717) is 11.6 Å². The van der Waals surface area contributed by atoms with Gasteiger partial charge >= 0.3 is 7.12 Å². The topological polar surface area (TPSA) is 44.2 Å². The Morgan fingerprint density at radius 2 is 1.75 bits per heavy atom. The molecule has 0 amide bonds. The van der Waals surface area contributed by atoms with Gasteiger partial charge in [0.1, 0.15) is 0 Å². The molecule has 1 aliphatic heterocycles. The fraction of sp³-hybridized carbons (Fsp3) is 0.538. The van der Waals surface area contributed by atoms with Crippen molar-refractivity contribution >= 4 is 41.8 Å². The van der Waals surface area contributed by atoms with Gasteiger partial charge in [0, 0.05) is 18.1 Å². The Hall–Kier alpha value is -0.365. The second kappa shape index (κ2) is 5.79. The van der Waals surface area contributed by atoms with Crippen molar-refractivity contribution in [1.29, 1.82) is 0 Å². The van der Waals surface area contributed by atoms with Crippen molar-refractivity contribution in [2.45, 2.75) is 38.9 Å². The lowest BCUT2D eigenvalue weighted by molar-refractivity contribution is 0.00578. The monoisotopic (exact) mass is 356 g/mol. The summed E-state index contributed by atoms with van der Waals surface area (Å²) in [7, 11) is -0.412. The molecule has 0 radical (unpaired) electrons. The summed E-state index contributed by atoms with van der Waals surface area (Å²) in [5.74, 6) is 1.14. The summed E-state index contributed by atoms with van der Waals surface area (Å²) in [5, 5.41) is 0. The first-order valence-corrected chi connectivity index (χ1v) is 7.82. The summed E-state index contributed by atoms with van der Waals surface area (Å²) in [6.45, 7) is 8.11. The molecule has 108 valence electrons. The predicted octanol–water partition coefficient (Wildman–Crippen LogP) is 3.18. The molecule has 1 aromatic heterocycles. The maximum Gasteiger partial charge on any atom is 0.491 e. The molecule has 4 nitrogen and oxygen atoms in total.